The summed E-state index contributed by atoms with van der Waals surface area (Å²) in [6, 6.07) is 12.9. The standard InChI is InChI=1S/C19H22N2O/c1-5-14-7-9-15(10-8-14)21-16-11-12-17(22-4)13(3)19(16)20-18(21)6-2/h7-12H,5-6H2,1-4H3. The van der Waals surface area contributed by atoms with Gasteiger partial charge in [0, 0.05) is 17.7 Å². The van der Waals surface area contributed by atoms with Crippen LogP contribution in [0.15, 0.2) is 36.4 Å². The molecule has 1 aromatic heterocycles. The summed E-state index contributed by atoms with van der Waals surface area (Å²) in [5.74, 6) is 1.97. The van der Waals surface area contributed by atoms with Gasteiger partial charge in [0.25, 0.3) is 0 Å². The van der Waals surface area contributed by atoms with Crippen molar-refractivity contribution in [1.82, 2.24) is 9.55 Å². The van der Waals surface area contributed by atoms with Crippen LogP contribution in [0, 0.1) is 6.92 Å². The predicted octanol–water partition coefficient (Wildman–Crippen LogP) is 4.47. The van der Waals surface area contributed by atoms with Crippen LogP contribution in [0.2, 0.25) is 0 Å². The minimum Gasteiger partial charge on any atom is -0.496 e. The van der Waals surface area contributed by atoms with Gasteiger partial charge in [0.15, 0.2) is 0 Å². The minimum absolute atomic E-state index is 0.890. The van der Waals surface area contributed by atoms with E-state index in [1.165, 1.54) is 11.3 Å². The van der Waals surface area contributed by atoms with Gasteiger partial charge in [-0.1, -0.05) is 26.0 Å². The molecule has 0 fully saturated rings. The third-order valence-corrected chi connectivity index (χ3v) is 4.24. The van der Waals surface area contributed by atoms with Gasteiger partial charge >= 0.3 is 0 Å². The van der Waals surface area contributed by atoms with Crippen molar-refractivity contribution in [2.75, 3.05) is 7.11 Å². The summed E-state index contributed by atoms with van der Waals surface area (Å²) < 4.78 is 7.67. The molecule has 0 amide bonds. The largest absolute Gasteiger partial charge is 0.496 e. The molecule has 0 saturated carbocycles. The number of hydrogen-bond donors (Lipinski definition) is 0. The lowest BCUT2D eigenvalue weighted by atomic mass is 10.1. The second-order valence-corrected chi connectivity index (χ2v) is 5.50. The molecule has 0 saturated heterocycles. The third-order valence-electron chi connectivity index (χ3n) is 4.24. The molecule has 0 atom stereocenters. The summed E-state index contributed by atoms with van der Waals surface area (Å²) in [4.78, 5) is 4.84. The van der Waals surface area contributed by atoms with E-state index in [0.29, 0.717) is 0 Å². The summed E-state index contributed by atoms with van der Waals surface area (Å²) in [5, 5.41) is 0. The van der Waals surface area contributed by atoms with Crippen LogP contribution in [0.25, 0.3) is 16.7 Å². The topological polar surface area (TPSA) is 27.1 Å². The van der Waals surface area contributed by atoms with Gasteiger partial charge < -0.3 is 4.74 Å². The number of fused-ring (bicyclic) bond motifs is 1. The number of hydrogen-bond acceptors (Lipinski definition) is 2. The molecule has 3 rings (SSSR count). The fourth-order valence-electron chi connectivity index (χ4n) is 2.93. The highest BCUT2D eigenvalue weighted by molar-refractivity contribution is 5.83. The fraction of sp³-hybridized carbons (Fsp3) is 0.316. The Balaban J connectivity index is 2.25. The van der Waals surface area contributed by atoms with Crippen molar-refractivity contribution in [2.45, 2.75) is 33.6 Å². The Morgan fingerprint density at radius 2 is 1.73 bits per heavy atom. The zero-order valence-electron chi connectivity index (χ0n) is 13.7. The summed E-state index contributed by atoms with van der Waals surface area (Å²) in [6.07, 6.45) is 1.95. The van der Waals surface area contributed by atoms with Gasteiger partial charge in [-0.25, -0.2) is 4.98 Å². The Morgan fingerprint density at radius 1 is 1.00 bits per heavy atom. The number of benzene rings is 2. The van der Waals surface area contributed by atoms with Crippen molar-refractivity contribution < 1.29 is 4.74 Å². The van der Waals surface area contributed by atoms with E-state index in [4.69, 9.17) is 9.72 Å². The van der Waals surface area contributed by atoms with Crippen molar-refractivity contribution >= 4 is 11.0 Å². The number of methoxy groups -OCH3 is 1. The monoisotopic (exact) mass is 294 g/mol. The second-order valence-electron chi connectivity index (χ2n) is 5.50. The van der Waals surface area contributed by atoms with Gasteiger partial charge in [-0.3, -0.25) is 4.57 Å². The van der Waals surface area contributed by atoms with Gasteiger partial charge in [0.1, 0.15) is 11.6 Å². The molecule has 0 spiro atoms. The maximum absolute atomic E-state index is 5.42. The maximum Gasteiger partial charge on any atom is 0.124 e. The van der Waals surface area contributed by atoms with E-state index in [1.54, 1.807) is 7.11 Å². The average Bonchev–Trinajstić information content (AvgIpc) is 2.95. The van der Waals surface area contributed by atoms with Crippen LogP contribution in [0.3, 0.4) is 0 Å². The quantitative estimate of drug-likeness (QED) is 0.710. The molecular weight excluding hydrogens is 272 g/mol. The number of rotatable bonds is 4. The molecule has 0 bridgehead atoms. The van der Waals surface area contributed by atoms with Gasteiger partial charge in [-0.15, -0.1) is 0 Å². The molecule has 3 heteroatoms. The normalized spacial score (nSPS) is 11.1. The molecule has 0 aliphatic heterocycles. The molecule has 3 nitrogen and oxygen atoms in total. The number of imidazole rings is 1. The van der Waals surface area contributed by atoms with Crippen LogP contribution in [-0.4, -0.2) is 16.7 Å². The van der Waals surface area contributed by atoms with Crippen LogP contribution in [0.1, 0.15) is 30.8 Å². The summed E-state index contributed by atoms with van der Waals surface area (Å²) in [6.45, 7) is 6.39. The minimum atomic E-state index is 0.890. The molecule has 0 radical (unpaired) electrons. The van der Waals surface area contributed by atoms with Gasteiger partial charge in [0.2, 0.25) is 0 Å². The van der Waals surface area contributed by atoms with Crippen molar-refractivity contribution in [3.05, 3.63) is 53.3 Å². The third kappa shape index (κ3) is 2.27. The Hall–Kier alpha value is -2.29. The van der Waals surface area contributed by atoms with E-state index in [2.05, 4.69) is 55.7 Å². The molecule has 0 aliphatic carbocycles. The Morgan fingerprint density at radius 3 is 2.32 bits per heavy atom. The first kappa shape index (κ1) is 14.6. The summed E-state index contributed by atoms with van der Waals surface area (Å²) in [7, 11) is 1.70. The number of aryl methyl sites for hydroxylation is 3. The van der Waals surface area contributed by atoms with Crippen molar-refractivity contribution in [1.29, 1.82) is 0 Å². The van der Waals surface area contributed by atoms with E-state index in [9.17, 15) is 0 Å². The maximum atomic E-state index is 5.42. The van der Waals surface area contributed by atoms with E-state index >= 15 is 0 Å². The van der Waals surface area contributed by atoms with Gasteiger partial charge in [-0.05, 0) is 43.2 Å². The zero-order chi connectivity index (χ0) is 15.7. The smallest absolute Gasteiger partial charge is 0.124 e. The van der Waals surface area contributed by atoms with Crippen molar-refractivity contribution in [2.24, 2.45) is 0 Å². The SMILES string of the molecule is CCc1ccc(-n2c(CC)nc3c(C)c(OC)ccc32)cc1. The second kappa shape index (κ2) is 5.84. The highest BCUT2D eigenvalue weighted by Crippen LogP contribution is 2.29. The Bertz CT molecular complexity index is 800. The van der Waals surface area contributed by atoms with E-state index in [1.807, 2.05) is 6.07 Å². The van der Waals surface area contributed by atoms with Crippen LogP contribution in [-0.2, 0) is 12.8 Å². The van der Waals surface area contributed by atoms with Crippen LogP contribution in [0.4, 0.5) is 0 Å². The van der Waals surface area contributed by atoms with Crippen molar-refractivity contribution in [3.8, 4) is 11.4 Å². The lowest BCUT2D eigenvalue weighted by molar-refractivity contribution is 0.412. The molecule has 22 heavy (non-hydrogen) atoms. The highest BCUT2D eigenvalue weighted by Gasteiger charge is 2.15. The first-order valence-corrected chi connectivity index (χ1v) is 7.83. The molecule has 3 aromatic rings. The summed E-state index contributed by atoms with van der Waals surface area (Å²) in [5.41, 5.74) is 5.78. The fourth-order valence-corrected chi connectivity index (χ4v) is 2.93. The zero-order valence-corrected chi connectivity index (χ0v) is 13.7. The molecule has 0 unspecified atom stereocenters. The summed E-state index contributed by atoms with van der Waals surface area (Å²) >= 11 is 0. The lowest BCUT2D eigenvalue weighted by Crippen LogP contribution is -2.00. The Kier molecular flexibility index (Phi) is 3.88. The van der Waals surface area contributed by atoms with Crippen LogP contribution in [0.5, 0.6) is 5.75 Å². The highest BCUT2D eigenvalue weighted by atomic mass is 16.5. The predicted molar refractivity (Wildman–Crippen MR) is 91.1 cm³/mol. The van der Waals surface area contributed by atoms with Gasteiger partial charge in [0.05, 0.1) is 18.1 Å². The molecule has 0 N–H and O–H groups in total. The molecule has 114 valence electrons. The van der Waals surface area contributed by atoms with E-state index in [-0.39, 0.29) is 0 Å². The van der Waals surface area contributed by atoms with Gasteiger partial charge in [-0.2, -0.15) is 0 Å². The number of ether oxygens (including phenoxy) is 1. The molecule has 0 aliphatic rings. The molecule has 2 aromatic carbocycles. The van der Waals surface area contributed by atoms with Crippen molar-refractivity contribution in [3.63, 3.8) is 0 Å². The average molecular weight is 294 g/mol. The number of aromatic nitrogens is 2. The lowest BCUT2D eigenvalue weighted by Gasteiger charge is -2.10. The van der Waals surface area contributed by atoms with E-state index < -0.39 is 0 Å². The first-order chi connectivity index (χ1) is 10.7. The molecule has 1 heterocycles. The van der Waals surface area contributed by atoms with Crippen LogP contribution < -0.4 is 4.74 Å². The number of nitrogens with zero attached hydrogens (tertiary/aromatic N) is 2. The van der Waals surface area contributed by atoms with E-state index in [0.717, 1.165) is 41.0 Å². The van der Waals surface area contributed by atoms with Crippen LogP contribution >= 0.6 is 0 Å². The molecular formula is C19H22N2O. The first-order valence-electron chi connectivity index (χ1n) is 7.83. The Labute approximate surface area is 131 Å².